The average molecular weight is 286 g/mol. The highest BCUT2D eigenvalue weighted by molar-refractivity contribution is 6.54. The zero-order valence-electron chi connectivity index (χ0n) is 14.4. The van der Waals surface area contributed by atoms with Crippen LogP contribution in [0.1, 0.15) is 59.6 Å². The van der Waals surface area contributed by atoms with Crippen molar-refractivity contribution in [2.45, 2.75) is 66.1 Å². The van der Waals surface area contributed by atoms with E-state index in [4.69, 9.17) is 9.31 Å². The summed E-state index contributed by atoms with van der Waals surface area (Å²) in [4.78, 5) is 0. The van der Waals surface area contributed by atoms with E-state index in [1.54, 1.807) is 0 Å². The third-order valence-electron chi connectivity index (χ3n) is 2.88. The highest BCUT2D eigenvalue weighted by atomic mass is 16.6. The molecule has 1 aromatic rings. The van der Waals surface area contributed by atoms with E-state index in [1.807, 2.05) is 27.7 Å². The monoisotopic (exact) mass is 286 g/mol. The Morgan fingerprint density at radius 3 is 1.76 bits per heavy atom. The first-order valence-corrected chi connectivity index (χ1v) is 7.61. The Bertz CT molecular complexity index is 477. The number of hydrogen-bond acceptors (Lipinski definition) is 2. The minimum Gasteiger partial charge on any atom is -0.398 e. The van der Waals surface area contributed by atoms with Gasteiger partial charge in [-0.25, -0.2) is 0 Å². The van der Waals surface area contributed by atoms with Crippen molar-refractivity contribution in [3.05, 3.63) is 35.4 Å². The summed E-state index contributed by atoms with van der Waals surface area (Å²) in [7, 11) is -0.479. The second-order valence-corrected chi connectivity index (χ2v) is 6.80. The van der Waals surface area contributed by atoms with E-state index >= 15 is 0 Å². The van der Waals surface area contributed by atoms with Gasteiger partial charge in [0.25, 0.3) is 0 Å². The summed E-state index contributed by atoms with van der Waals surface area (Å²) in [6.07, 6.45) is 0.178. The van der Waals surface area contributed by atoms with Gasteiger partial charge >= 0.3 is 7.12 Å². The van der Waals surface area contributed by atoms with Crippen molar-refractivity contribution >= 4 is 7.12 Å². The second kappa shape index (κ2) is 7.68. The maximum Gasteiger partial charge on any atom is 0.550 e. The van der Waals surface area contributed by atoms with Gasteiger partial charge in [-0.15, -0.1) is 0 Å². The van der Waals surface area contributed by atoms with Crippen molar-refractivity contribution in [1.82, 2.24) is 0 Å². The maximum absolute atomic E-state index is 5.67. The van der Waals surface area contributed by atoms with Gasteiger partial charge in [0.1, 0.15) is 0 Å². The molecule has 1 rings (SSSR count). The van der Waals surface area contributed by atoms with Crippen LogP contribution in [0.2, 0.25) is 0 Å². The minimum atomic E-state index is -0.479. The molecular formula is C18H27BO2. The van der Waals surface area contributed by atoms with Crippen LogP contribution in [0.15, 0.2) is 24.3 Å². The number of rotatable bonds is 4. The van der Waals surface area contributed by atoms with E-state index in [9.17, 15) is 0 Å². The molecule has 0 saturated carbocycles. The lowest BCUT2D eigenvalue weighted by Gasteiger charge is -2.18. The quantitative estimate of drug-likeness (QED) is 0.609. The molecule has 0 saturated heterocycles. The van der Waals surface area contributed by atoms with Crippen molar-refractivity contribution in [3.63, 3.8) is 0 Å². The summed E-state index contributed by atoms with van der Waals surface area (Å²) in [6, 6.07) is 8.36. The standard InChI is InChI=1S/C18H27BO2/c1-14(2)20-19(21-15(3)4)13-12-16-8-10-17(11-9-16)18(5,6)7/h8-11,14-15H,1-7H3. The van der Waals surface area contributed by atoms with Gasteiger partial charge in [0.15, 0.2) is 0 Å². The van der Waals surface area contributed by atoms with E-state index in [0.717, 1.165) is 5.56 Å². The zero-order valence-corrected chi connectivity index (χ0v) is 14.4. The van der Waals surface area contributed by atoms with Gasteiger partial charge in [0.05, 0.1) is 0 Å². The molecule has 0 fully saturated rings. The molecule has 0 aliphatic carbocycles. The minimum absolute atomic E-state index is 0.0892. The predicted molar refractivity (Wildman–Crippen MR) is 90.2 cm³/mol. The van der Waals surface area contributed by atoms with Crippen molar-refractivity contribution in [1.29, 1.82) is 0 Å². The smallest absolute Gasteiger partial charge is 0.398 e. The number of hydrogen-bond donors (Lipinski definition) is 0. The molecular weight excluding hydrogens is 259 g/mol. The van der Waals surface area contributed by atoms with Crippen LogP contribution in [0.3, 0.4) is 0 Å². The predicted octanol–water partition coefficient (Wildman–Crippen LogP) is 4.21. The van der Waals surface area contributed by atoms with Gasteiger partial charge in [-0.3, -0.25) is 0 Å². The van der Waals surface area contributed by atoms with Gasteiger partial charge in [-0.1, -0.05) is 44.6 Å². The molecule has 0 bridgehead atoms. The lowest BCUT2D eigenvalue weighted by Crippen LogP contribution is -2.28. The Kier molecular flexibility index (Phi) is 6.52. The van der Waals surface area contributed by atoms with Gasteiger partial charge in [-0.2, -0.15) is 0 Å². The molecule has 0 atom stereocenters. The van der Waals surface area contributed by atoms with E-state index in [0.29, 0.717) is 0 Å². The summed E-state index contributed by atoms with van der Waals surface area (Å²) in [5, 5.41) is 0. The normalized spacial score (nSPS) is 11.5. The first-order chi connectivity index (χ1) is 9.68. The molecule has 0 spiro atoms. The first-order valence-electron chi connectivity index (χ1n) is 7.61. The van der Waals surface area contributed by atoms with Crippen molar-refractivity contribution in [3.8, 4) is 11.7 Å². The molecule has 0 N–H and O–H groups in total. The largest absolute Gasteiger partial charge is 0.550 e. The Labute approximate surface area is 130 Å². The van der Waals surface area contributed by atoms with Crippen molar-refractivity contribution in [2.24, 2.45) is 0 Å². The molecule has 0 amide bonds. The van der Waals surface area contributed by atoms with E-state index in [1.165, 1.54) is 5.56 Å². The van der Waals surface area contributed by atoms with E-state index in [2.05, 4.69) is 56.8 Å². The number of benzene rings is 1. The summed E-state index contributed by atoms with van der Waals surface area (Å²) < 4.78 is 11.3. The molecule has 0 heterocycles. The van der Waals surface area contributed by atoms with Crippen LogP contribution in [0.5, 0.6) is 0 Å². The molecule has 3 heteroatoms. The van der Waals surface area contributed by atoms with E-state index < -0.39 is 7.12 Å². The van der Waals surface area contributed by atoms with Crippen LogP contribution in [0, 0.1) is 11.7 Å². The Balaban J connectivity index is 2.82. The third kappa shape index (κ3) is 6.84. The summed E-state index contributed by atoms with van der Waals surface area (Å²) in [5.41, 5.74) is 2.45. The highest BCUT2D eigenvalue weighted by Crippen LogP contribution is 2.21. The van der Waals surface area contributed by atoms with Gasteiger partial charge < -0.3 is 9.31 Å². The van der Waals surface area contributed by atoms with Crippen LogP contribution >= 0.6 is 0 Å². The molecule has 114 valence electrons. The second-order valence-electron chi connectivity index (χ2n) is 6.80. The SMILES string of the molecule is CC(C)OB(C#Cc1ccc(C(C)(C)C)cc1)OC(C)C. The fourth-order valence-corrected chi connectivity index (χ4v) is 1.79. The molecule has 0 radical (unpaired) electrons. The highest BCUT2D eigenvalue weighted by Gasteiger charge is 2.19. The topological polar surface area (TPSA) is 18.5 Å². The lowest BCUT2D eigenvalue weighted by molar-refractivity contribution is 0.140. The molecule has 0 aliphatic heterocycles. The first kappa shape index (κ1) is 17.8. The summed E-state index contributed by atoms with van der Waals surface area (Å²) >= 11 is 0. The summed E-state index contributed by atoms with van der Waals surface area (Å²) in [5.74, 6) is 6.20. The Morgan fingerprint density at radius 2 is 1.38 bits per heavy atom. The Morgan fingerprint density at radius 1 is 0.905 bits per heavy atom. The summed E-state index contributed by atoms with van der Waals surface area (Å²) in [6.45, 7) is 14.5. The molecule has 2 nitrogen and oxygen atoms in total. The van der Waals surface area contributed by atoms with Gasteiger partial charge in [0, 0.05) is 17.8 Å². The maximum atomic E-state index is 5.67. The lowest BCUT2D eigenvalue weighted by atomic mass is 9.86. The molecule has 0 aliphatic rings. The molecule has 1 aromatic carbocycles. The van der Waals surface area contributed by atoms with E-state index in [-0.39, 0.29) is 17.6 Å². The van der Waals surface area contributed by atoms with Crippen LogP contribution in [-0.2, 0) is 14.7 Å². The van der Waals surface area contributed by atoms with Crippen LogP contribution in [-0.4, -0.2) is 19.3 Å². The molecule has 0 aromatic heterocycles. The van der Waals surface area contributed by atoms with Crippen LogP contribution in [0.4, 0.5) is 0 Å². The van der Waals surface area contributed by atoms with Crippen molar-refractivity contribution < 1.29 is 9.31 Å². The fraction of sp³-hybridized carbons (Fsp3) is 0.556. The Hall–Kier alpha value is -1.24. The average Bonchev–Trinajstić information content (AvgIpc) is 2.34. The third-order valence-corrected chi connectivity index (χ3v) is 2.88. The van der Waals surface area contributed by atoms with Crippen LogP contribution < -0.4 is 0 Å². The zero-order chi connectivity index (χ0) is 16.0. The van der Waals surface area contributed by atoms with Crippen LogP contribution in [0.25, 0.3) is 0 Å². The molecule has 0 unspecified atom stereocenters. The molecule has 21 heavy (non-hydrogen) atoms. The van der Waals surface area contributed by atoms with Gasteiger partial charge in [-0.05, 0) is 50.8 Å². The van der Waals surface area contributed by atoms with Crippen molar-refractivity contribution in [2.75, 3.05) is 0 Å². The van der Waals surface area contributed by atoms with Gasteiger partial charge in [0.2, 0.25) is 0 Å². The fourth-order valence-electron chi connectivity index (χ4n) is 1.79.